The number of anilines is 2. The van der Waals surface area contributed by atoms with Crippen molar-refractivity contribution in [3.8, 4) is 0 Å². The molecular weight excluding hydrogens is 308 g/mol. The molecule has 0 unspecified atom stereocenters. The van der Waals surface area contributed by atoms with Gasteiger partial charge in [-0.2, -0.15) is 0 Å². The van der Waals surface area contributed by atoms with Gasteiger partial charge < -0.3 is 4.90 Å². The summed E-state index contributed by atoms with van der Waals surface area (Å²) in [6, 6.07) is 30.7. The van der Waals surface area contributed by atoms with Gasteiger partial charge in [0.15, 0.2) is 0 Å². The van der Waals surface area contributed by atoms with Gasteiger partial charge in [-0.1, -0.05) is 54.6 Å². The molecule has 1 saturated heterocycles. The van der Waals surface area contributed by atoms with Crippen LogP contribution in [0.1, 0.15) is 0 Å². The lowest BCUT2D eigenvalue weighted by Gasteiger charge is -2.39. The summed E-state index contributed by atoms with van der Waals surface area (Å²) in [4.78, 5) is 7.06. The van der Waals surface area contributed by atoms with E-state index in [1.807, 2.05) is 42.5 Å². The van der Waals surface area contributed by atoms with Crippen molar-refractivity contribution < 1.29 is 0 Å². The molecular formula is C21H20N4. The van der Waals surface area contributed by atoms with E-state index < -0.39 is 0 Å². The Morgan fingerprint density at radius 1 is 0.640 bits per heavy atom. The molecule has 25 heavy (non-hydrogen) atoms. The zero-order valence-electron chi connectivity index (χ0n) is 13.9. The first-order chi connectivity index (χ1) is 12.4. The largest absolute Gasteiger partial charge is 0.309 e. The first kappa shape index (κ1) is 15.3. The van der Waals surface area contributed by atoms with Gasteiger partial charge in [-0.05, 0) is 36.4 Å². The van der Waals surface area contributed by atoms with Crippen LogP contribution < -0.4 is 15.3 Å². The molecule has 1 N–H and O–H groups in total. The highest BCUT2D eigenvalue weighted by atomic mass is 15.6. The molecule has 1 aliphatic rings. The fourth-order valence-electron chi connectivity index (χ4n) is 2.91. The van der Waals surface area contributed by atoms with Gasteiger partial charge in [-0.25, -0.2) is 4.99 Å². The molecule has 1 heterocycles. The van der Waals surface area contributed by atoms with Crippen molar-refractivity contribution in [2.75, 3.05) is 23.0 Å². The summed E-state index contributed by atoms with van der Waals surface area (Å²) in [5, 5.41) is 2.14. The number of nitrogens with one attached hydrogen (secondary N) is 1. The zero-order chi connectivity index (χ0) is 16.9. The fourth-order valence-corrected chi connectivity index (χ4v) is 2.91. The third-order valence-electron chi connectivity index (χ3n) is 4.16. The molecule has 0 spiro atoms. The standard InChI is InChI=1S/C21H20N4/c1-4-10-18(11-5-1)22-21-23-25(20-14-8-3-9-15-20)17-16-24(21)19-12-6-2-7-13-19/h1-15H,16-17H2,(H,22,23). The summed E-state index contributed by atoms with van der Waals surface area (Å²) >= 11 is 0. The number of hydrogen-bond donors (Lipinski definition) is 1. The molecule has 3 aromatic carbocycles. The lowest BCUT2D eigenvalue weighted by molar-refractivity contribution is 0.694. The predicted octanol–water partition coefficient (Wildman–Crippen LogP) is 4.21. The van der Waals surface area contributed by atoms with Gasteiger partial charge in [0.2, 0.25) is 5.96 Å². The molecule has 1 aliphatic heterocycles. The minimum absolute atomic E-state index is 0.826. The molecule has 4 rings (SSSR count). The molecule has 124 valence electrons. The first-order valence-corrected chi connectivity index (χ1v) is 8.46. The predicted molar refractivity (Wildman–Crippen MR) is 104 cm³/mol. The average molecular weight is 328 g/mol. The third-order valence-corrected chi connectivity index (χ3v) is 4.16. The van der Waals surface area contributed by atoms with E-state index in [2.05, 4.69) is 63.9 Å². The van der Waals surface area contributed by atoms with E-state index in [0.29, 0.717) is 0 Å². The summed E-state index contributed by atoms with van der Waals surface area (Å²) in [6.45, 7) is 1.73. The van der Waals surface area contributed by atoms with Gasteiger partial charge in [0.05, 0.1) is 17.9 Å². The molecule has 0 radical (unpaired) electrons. The Morgan fingerprint density at radius 2 is 1.20 bits per heavy atom. The smallest absolute Gasteiger partial charge is 0.223 e. The van der Waals surface area contributed by atoms with E-state index in [-0.39, 0.29) is 0 Å². The first-order valence-electron chi connectivity index (χ1n) is 8.46. The van der Waals surface area contributed by atoms with Crippen LogP contribution in [-0.4, -0.2) is 19.0 Å². The Labute approximate surface area is 148 Å². The Hall–Kier alpha value is -3.27. The summed E-state index contributed by atoms with van der Waals surface area (Å²) in [5.74, 6) is 0.826. The Morgan fingerprint density at radius 3 is 1.84 bits per heavy atom. The second kappa shape index (κ2) is 7.09. The maximum atomic E-state index is 4.84. The van der Waals surface area contributed by atoms with Crippen molar-refractivity contribution in [3.63, 3.8) is 0 Å². The summed E-state index contributed by atoms with van der Waals surface area (Å²) in [7, 11) is 0. The molecule has 0 bridgehead atoms. The highest BCUT2D eigenvalue weighted by Gasteiger charge is 2.23. The summed E-state index contributed by atoms with van der Waals surface area (Å²) in [5.41, 5.74) is 6.68. The van der Waals surface area contributed by atoms with Crippen LogP contribution in [-0.2, 0) is 0 Å². The van der Waals surface area contributed by atoms with Crippen LogP contribution in [0.4, 0.5) is 17.1 Å². The normalized spacial score (nSPS) is 15.9. The third kappa shape index (κ3) is 3.48. The number of hydrogen-bond acceptors (Lipinski definition) is 2. The van der Waals surface area contributed by atoms with E-state index >= 15 is 0 Å². The Bertz CT molecular complexity index is 832. The van der Waals surface area contributed by atoms with E-state index in [1.165, 1.54) is 0 Å². The maximum Gasteiger partial charge on any atom is 0.223 e. The van der Waals surface area contributed by atoms with Crippen LogP contribution in [0.5, 0.6) is 0 Å². The van der Waals surface area contributed by atoms with Crippen molar-refractivity contribution >= 4 is 23.0 Å². The van der Waals surface area contributed by atoms with Crippen LogP contribution in [0.15, 0.2) is 96.0 Å². The van der Waals surface area contributed by atoms with E-state index in [4.69, 9.17) is 4.99 Å². The van der Waals surface area contributed by atoms with Crippen LogP contribution in [0.2, 0.25) is 0 Å². The van der Waals surface area contributed by atoms with Crippen molar-refractivity contribution in [3.05, 3.63) is 91.0 Å². The molecule has 3 aromatic rings. The number of rotatable bonds is 3. The van der Waals surface area contributed by atoms with Gasteiger partial charge in [-0.15, -0.1) is 0 Å². The zero-order valence-corrected chi connectivity index (χ0v) is 13.9. The van der Waals surface area contributed by atoms with Crippen LogP contribution in [0, 0.1) is 0 Å². The van der Waals surface area contributed by atoms with E-state index in [1.54, 1.807) is 0 Å². The Kier molecular flexibility index (Phi) is 4.33. The number of guanidine groups is 1. The fraction of sp³-hybridized carbons (Fsp3) is 0.0952. The van der Waals surface area contributed by atoms with E-state index in [9.17, 15) is 0 Å². The molecule has 4 heteroatoms. The number of benzene rings is 3. The number of nitrogens with zero attached hydrogens (tertiary/aromatic N) is 3. The quantitative estimate of drug-likeness (QED) is 0.781. The van der Waals surface area contributed by atoms with Crippen LogP contribution in [0.3, 0.4) is 0 Å². The molecule has 0 aromatic heterocycles. The highest BCUT2D eigenvalue weighted by Crippen LogP contribution is 2.21. The number of aliphatic imine (C=N–C) groups is 1. The maximum absolute atomic E-state index is 4.84. The number of hydrazine groups is 1. The van der Waals surface area contributed by atoms with Gasteiger partial charge >= 0.3 is 0 Å². The van der Waals surface area contributed by atoms with Gasteiger partial charge in [0.1, 0.15) is 0 Å². The van der Waals surface area contributed by atoms with Crippen molar-refractivity contribution in [1.29, 1.82) is 0 Å². The minimum atomic E-state index is 0.826. The lowest BCUT2D eigenvalue weighted by Crippen LogP contribution is -2.59. The number of para-hydroxylation sites is 3. The summed E-state index contributed by atoms with van der Waals surface area (Å²) < 4.78 is 0. The second-order valence-corrected chi connectivity index (χ2v) is 5.86. The van der Waals surface area contributed by atoms with Crippen LogP contribution in [0.25, 0.3) is 0 Å². The molecule has 0 saturated carbocycles. The highest BCUT2D eigenvalue weighted by molar-refractivity contribution is 5.99. The van der Waals surface area contributed by atoms with Crippen molar-refractivity contribution in [2.24, 2.45) is 4.99 Å². The topological polar surface area (TPSA) is 30.9 Å². The molecule has 4 nitrogen and oxygen atoms in total. The van der Waals surface area contributed by atoms with Crippen LogP contribution >= 0.6 is 0 Å². The van der Waals surface area contributed by atoms with Crippen molar-refractivity contribution in [1.82, 2.24) is 5.43 Å². The summed E-state index contributed by atoms with van der Waals surface area (Å²) in [6.07, 6.45) is 0. The SMILES string of the molecule is c1ccc(N=C2NN(c3ccccc3)CCN2c2ccccc2)cc1. The molecule has 1 fully saturated rings. The lowest BCUT2D eigenvalue weighted by atomic mass is 10.2. The second-order valence-electron chi connectivity index (χ2n) is 5.86. The monoisotopic (exact) mass is 328 g/mol. The van der Waals surface area contributed by atoms with Crippen molar-refractivity contribution in [2.45, 2.75) is 0 Å². The molecule has 0 amide bonds. The minimum Gasteiger partial charge on any atom is -0.309 e. The van der Waals surface area contributed by atoms with Gasteiger partial charge in [0, 0.05) is 12.2 Å². The van der Waals surface area contributed by atoms with Gasteiger partial charge in [-0.3, -0.25) is 10.4 Å². The van der Waals surface area contributed by atoms with Gasteiger partial charge in [0.25, 0.3) is 0 Å². The Balaban J connectivity index is 1.68. The molecule has 0 aliphatic carbocycles. The van der Waals surface area contributed by atoms with E-state index in [0.717, 1.165) is 36.1 Å². The molecule has 0 atom stereocenters. The average Bonchev–Trinajstić information content (AvgIpc) is 2.70.